The molecule has 6 nitrogen and oxygen atoms in total. The van der Waals surface area contributed by atoms with Crippen LogP contribution in [0.15, 0.2) is 24.3 Å². The Morgan fingerprint density at radius 3 is 2.68 bits per heavy atom. The molecule has 2 fully saturated rings. The Kier molecular flexibility index (Phi) is 5.91. The van der Waals surface area contributed by atoms with Gasteiger partial charge in [-0.25, -0.2) is 0 Å². The van der Waals surface area contributed by atoms with E-state index >= 15 is 0 Å². The molecule has 1 unspecified atom stereocenters. The molecule has 0 aliphatic carbocycles. The van der Waals surface area contributed by atoms with Gasteiger partial charge in [-0.2, -0.15) is 0 Å². The normalized spacial score (nSPS) is 21.1. The lowest BCUT2D eigenvalue weighted by atomic mass is 10.0. The predicted octanol–water partition coefficient (Wildman–Crippen LogP) is 1.83. The molecule has 6 heteroatoms. The Balaban J connectivity index is 1.62. The zero-order chi connectivity index (χ0) is 17.6. The minimum absolute atomic E-state index is 0.00885. The van der Waals surface area contributed by atoms with E-state index in [-0.39, 0.29) is 18.4 Å². The Morgan fingerprint density at radius 1 is 1.16 bits per heavy atom. The first-order valence-electron chi connectivity index (χ1n) is 9.13. The highest BCUT2D eigenvalue weighted by Crippen LogP contribution is 2.19. The maximum Gasteiger partial charge on any atom is 0.256 e. The lowest BCUT2D eigenvalue weighted by molar-refractivity contribution is -0.130. The molecule has 2 amide bonds. The molecule has 0 saturated carbocycles. The fraction of sp³-hybridized carbons (Fsp3) is 0.579. The van der Waals surface area contributed by atoms with Crippen molar-refractivity contribution in [2.75, 3.05) is 51.3 Å². The van der Waals surface area contributed by atoms with Gasteiger partial charge in [0.25, 0.3) is 5.91 Å². The molecule has 0 radical (unpaired) electrons. The standard InChI is InChI=1S/C19H27N3O3/c1-15-5-4-8-22(14-15)18(23)13-20-17-7-3-2-6-16(17)19(24)21-9-11-25-12-10-21/h2-3,6-7,15,20H,4-5,8-14H2,1H3. The van der Waals surface area contributed by atoms with Gasteiger partial charge in [-0.1, -0.05) is 19.1 Å². The van der Waals surface area contributed by atoms with Gasteiger partial charge in [0.15, 0.2) is 0 Å². The summed E-state index contributed by atoms with van der Waals surface area (Å²) >= 11 is 0. The van der Waals surface area contributed by atoms with E-state index in [0.29, 0.717) is 37.8 Å². The van der Waals surface area contributed by atoms with Crippen LogP contribution in [0.1, 0.15) is 30.1 Å². The predicted molar refractivity (Wildman–Crippen MR) is 96.6 cm³/mol. The average Bonchev–Trinajstić information content (AvgIpc) is 2.66. The van der Waals surface area contributed by atoms with Crippen molar-refractivity contribution in [3.63, 3.8) is 0 Å². The van der Waals surface area contributed by atoms with Crippen LogP contribution in [0.2, 0.25) is 0 Å². The molecule has 0 bridgehead atoms. The molecule has 1 aromatic rings. The van der Waals surface area contributed by atoms with Gasteiger partial charge in [-0.05, 0) is 30.9 Å². The van der Waals surface area contributed by atoms with E-state index in [9.17, 15) is 9.59 Å². The smallest absolute Gasteiger partial charge is 0.256 e. The summed E-state index contributed by atoms with van der Waals surface area (Å²) in [7, 11) is 0. The summed E-state index contributed by atoms with van der Waals surface area (Å²) in [6.07, 6.45) is 2.26. The van der Waals surface area contributed by atoms with E-state index in [2.05, 4.69) is 12.2 Å². The van der Waals surface area contributed by atoms with Crippen molar-refractivity contribution in [2.45, 2.75) is 19.8 Å². The lowest BCUT2D eigenvalue weighted by Crippen LogP contribution is -2.42. The quantitative estimate of drug-likeness (QED) is 0.904. The summed E-state index contributed by atoms with van der Waals surface area (Å²) in [6, 6.07) is 7.41. The van der Waals surface area contributed by atoms with E-state index in [0.717, 1.165) is 25.2 Å². The number of carbonyl (C=O) groups is 2. The molecule has 2 heterocycles. The Morgan fingerprint density at radius 2 is 1.92 bits per heavy atom. The van der Waals surface area contributed by atoms with Crippen LogP contribution in [0.5, 0.6) is 0 Å². The largest absolute Gasteiger partial charge is 0.378 e. The van der Waals surface area contributed by atoms with Crippen LogP contribution in [-0.4, -0.2) is 67.6 Å². The molecule has 136 valence electrons. The molecule has 2 aliphatic rings. The number of benzene rings is 1. The number of likely N-dealkylation sites (tertiary alicyclic amines) is 1. The zero-order valence-electron chi connectivity index (χ0n) is 14.9. The topological polar surface area (TPSA) is 61.9 Å². The first-order valence-corrected chi connectivity index (χ1v) is 9.13. The Hall–Kier alpha value is -2.08. The molecular weight excluding hydrogens is 318 g/mol. The minimum atomic E-state index is -0.00885. The molecule has 0 aromatic heterocycles. The van der Waals surface area contributed by atoms with Gasteiger partial charge < -0.3 is 19.9 Å². The highest BCUT2D eigenvalue weighted by Gasteiger charge is 2.23. The Labute approximate surface area is 149 Å². The molecule has 1 atom stereocenters. The van der Waals surface area contributed by atoms with Gasteiger partial charge in [0.2, 0.25) is 5.91 Å². The van der Waals surface area contributed by atoms with Crippen molar-refractivity contribution in [1.82, 2.24) is 9.80 Å². The van der Waals surface area contributed by atoms with Gasteiger partial charge in [-0.15, -0.1) is 0 Å². The number of para-hydroxylation sites is 1. The number of amides is 2. The van der Waals surface area contributed by atoms with Crippen molar-refractivity contribution >= 4 is 17.5 Å². The third kappa shape index (κ3) is 4.51. The number of carbonyl (C=O) groups excluding carboxylic acids is 2. The fourth-order valence-electron chi connectivity index (χ4n) is 3.46. The summed E-state index contributed by atoms with van der Waals surface area (Å²) in [5, 5.41) is 3.18. The lowest BCUT2D eigenvalue weighted by Gasteiger charge is -2.31. The van der Waals surface area contributed by atoms with Crippen LogP contribution in [-0.2, 0) is 9.53 Å². The number of hydrogen-bond donors (Lipinski definition) is 1. The van der Waals surface area contributed by atoms with Gasteiger partial charge in [0.05, 0.1) is 25.3 Å². The van der Waals surface area contributed by atoms with Crippen LogP contribution in [0.4, 0.5) is 5.69 Å². The second kappa shape index (κ2) is 8.34. The number of rotatable bonds is 4. The van der Waals surface area contributed by atoms with Gasteiger partial charge in [0, 0.05) is 31.9 Å². The van der Waals surface area contributed by atoms with Crippen LogP contribution in [0, 0.1) is 5.92 Å². The van der Waals surface area contributed by atoms with E-state index in [1.165, 1.54) is 6.42 Å². The highest BCUT2D eigenvalue weighted by molar-refractivity contribution is 6.00. The number of morpholine rings is 1. The van der Waals surface area contributed by atoms with Crippen molar-refractivity contribution in [1.29, 1.82) is 0 Å². The highest BCUT2D eigenvalue weighted by atomic mass is 16.5. The van der Waals surface area contributed by atoms with Crippen LogP contribution >= 0.6 is 0 Å². The van der Waals surface area contributed by atoms with Gasteiger partial charge in [0.1, 0.15) is 0 Å². The molecule has 25 heavy (non-hydrogen) atoms. The van der Waals surface area contributed by atoms with Crippen molar-refractivity contribution < 1.29 is 14.3 Å². The maximum absolute atomic E-state index is 12.7. The van der Waals surface area contributed by atoms with E-state index in [4.69, 9.17) is 4.74 Å². The second-order valence-electron chi connectivity index (χ2n) is 6.89. The van der Waals surface area contributed by atoms with E-state index in [1.807, 2.05) is 29.2 Å². The Bertz CT molecular complexity index is 614. The molecule has 1 N–H and O–H groups in total. The fourth-order valence-corrected chi connectivity index (χ4v) is 3.46. The maximum atomic E-state index is 12.7. The number of ether oxygens (including phenoxy) is 1. The number of piperidine rings is 1. The molecule has 3 rings (SSSR count). The number of hydrogen-bond acceptors (Lipinski definition) is 4. The molecule has 1 aromatic carbocycles. The summed E-state index contributed by atoms with van der Waals surface area (Å²) < 4.78 is 5.31. The third-order valence-corrected chi connectivity index (χ3v) is 4.90. The zero-order valence-corrected chi connectivity index (χ0v) is 14.9. The first kappa shape index (κ1) is 17.7. The van der Waals surface area contributed by atoms with E-state index in [1.54, 1.807) is 4.90 Å². The monoisotopic (exact) mass is 345 g/mol. The van der Waals surface area contributed by atoms with Crippen LogP contribution < -0.4 is 5.32 Å². The van der Waals surface area contributed by atoms with E-state index < -0.39 is 0 Å². The summed E-state index contributed by atoms with van der Waals surface area (Å²) in [6.45, 7) is 6.44. The number of nitrogens with zero attached hydrogens (tertiary/aromatic N) is 2. The molecule has 2 aliphatic heterocycles. The molecule has 2 saturated heterocycles. The van der Waals surface area contributed by atoms with Crippen LogP contribution in [0.3, 0.4) is 0 Å². The van der Waals surface area contributed by atoms with Crippen molar-refractivity contribution in [3.05, 3.63) is 29.8 Å². The van der Waals surface area contributed by atoms with Gasteiger partial charge >= 0.3 is 0 Å². The number of anilines is 1. The second-order valence-corrected chi connectivity index (χ2v) is 6.89. The minimum Gasteiger partial charge on any atom is -0.378 e. The van der Waals surface area contributed by atoms with Crippen molar-refractivity contribution in [3.8, 4) is 0 Å². The number of nitrogens with one attached hydrogen (secondary N) is 1. The summed E-state index contributed by atoms with van der Waals surface area (Å²) in [4.78, 5) is 28.9. The van der Waals surface area contributed by atoms with Crippen molar-refractivity contribution in [2.24, 2.45) is 5.92 Å². The van der Waals surface area contributed by atoms with Gasteiger partial charge in [-0.3, -0.25) is 9.59 Å². The molecular formula is C19H27N3O3. The average molecular weight is 345 g/mol. The van der Waals surface area contributed by atoms with Crippen LogP contribution in [0.25, 0.3) is 0 Å². The SMILES string of the molecule is CC1CCCN(C(=O)CNc2ccccc2C(=O)N2CCOCC2)C1. The summed E-state index contributed by atoms with van der Waals surface area (Å²) in [5.41, 5.74) is 1.33. The third-order valence-electron chi connectivity index (χ3n) is 4.90. The molecule has 0 spiro atoms. The summed E-state index contributed by atoms with van der Waals surface area (Å²) in [5.74, 6) is 0.651. The first-order chi connectivity index (χ1) is 12.1.